The minimum absolute atomic E-state index is 0.0204. The molecule has 0 unspecified atom stereocenters. The van der Waals surface area contributed by atoms with E-state index in [-0.39, 0.29) is 23.7 Å². The van der Waals surface area contributed by atoms with Crippen molar-refractivity contribution in [2.24, 2.45) is 0 Å². The Morgan fingerprint density at radius 1 is 1.04 bits per heavy atom. The Hall–Kier alpha value is -2.29. The average Bonchev–Trinajstić information content (AvgIpc) is 2.67. The summed E-state index contributed by atoms with van der Waals surface area (Å²) in [5, 5.41) is 2.39. The molecule has 1 aromatic carbocycles. The van der Waals surface area contributed by atoms with Gasteiger partial charge >= 0.3 is 6.03 Å². The van der Waals surface area contributed by atoms with Gasteiger partial charge in [0.05, 0.1) is 0 Å². The van der Waals surface area contributed by atoms with Crippen LogP contribution in [0.25, 0.3) is 0 Å². The highest BCUT2D eigenvalue weighted by Crippen LogP contribution is 2.25. The van der Waals surface area contributed by atoms with Crippen LogP contribution >= 0.6 is 0 Å². The maximum Gasteiger partial charge on any atom is 0.321 e. The van der Waals surface area contributed by atoms with Crippen LogP contribution in [0.15, 0.2) is 12.1 Å². The number of benzene rings is 1. The van der Waals surface area contributed by atoms with Crippen LogP contribution in [0.4, 0.5) is 23.7 Å². The molecule has 0 spiro atoms. The maximum absolute atomic E-state index is 13.3. The molecule has 0 aromatic heterocycles. The van der Waals surface area contributed by atoms with Crippen molar-refractivity contribution < 1.29 is 27.5 Å². The highest BCUT2D eigenvalue weighted by molar-refractivity contribution is 5.89. The lowest BCUT2D eigenvalue weighted by Gasteiger charge is -2.43. The second-order valence-electron chi connectivity index (χ2n) is 7.17. The molecule has 2 aliphatic rings. The molecule has 2 fully saturated rings. The van der Waals surface area contributed by atoms with Crippen LogP contribution in [0, 0.1) is 17.5 Å². The van der Waals surface area contributed by atoms with Gasteiger partial charge in [0, 0.05) is 63.1 Å². The lowest BCUT2D eigenvalue weighted by Crippen LogP contribution is -2.53. The van der Waals surface area contributed by atoms with E-state index in [1.54, 1.807) is 6.92 Å². The van der Waals surface area contributed by atoms with E-state index in [0.717, 1.165) is 25.0 Å². The van der Waals surface area contributed by atoms with Crippen molar-refractivity contribution in [3.63, 3.8) is 0 Å². The third-order valence-electron chi connectivity index (χ3n) is 5.33. The molecule has 2 saturated heterocycles. The van der Waals surface area contributed by atoms with Gasteiger partial charge in [-0.05, 0) is 25.7 Å². The first-order chi connectivity index (χ1) is 13.4. The number of piperidine rings is 1. The fourth-order valence-electron chi connectivity index (χ4n) is 3.95. The lowest BCUT2D eigenvalue weighted by molar-refractivity contribution is -0.137. The Kier molecular flexibility index (Phi) is 6.43. The standard InChI is InChI=1S/C19H24F3N3O3/c1-12(26)25(15-4-8-28-9-5-15)14-2-6-24(7-3-14)19(27)23-13-10-16(20)18(22)17(21)11-13/h10-11,14-15H,2-9H2,1H3,(H,23,27). The number of hydrogen-bond acceptors (Lipinski definition) is 3. The molecule has 0 saturated carbocycles. The van der Waals surface area contributed by atoms with Crippen molar-refractivity contribution >= 4 is 17.6 Å². The third kappa shape index (κ3) is 4.57. The molecular formula is C19H24F3N3O3. The monoisotopic (exact) mass is 399 g/mol. The normalized spacial score (nSPS) is 18.8. The van der Waals surface area contributed by atoms with Gasteiger partial charge in [-0.2, -0.15) is 0 Å². The first-order valence-corrected chi connectivity index (χ1v) is 9.44. The second-order valence-corrected chi connectivity index (χ2v) is 7.17. The summed E-state index contributed by atoms with van der Waals surface area (Å²) in [4.78, 5) is 28.0. The number of nitrogens with zero attached hydrogens (tertiary/aromatic N) is 2. The topological polar surface area (TPSA) is 61.9 Å². The number of hydrogen-bond donors (Lipinski definition) is 1. The predicted octanol–water partition coefficient (Wildman–Crippen LogP) is 3.13. The van der Waals surface area contributed by atoms with Crippen molar-refractivity contribution in [3.05, 3.63) is 29.6 Å². The van der Waals surface area contributed by atoms with E-state index in [2.05, 4.69) is 5.32 Å². The highest BCUT2D eigenvalue weighted by atomic mass is 19.2. The fourth-order valence-corrected chi connectivity index (χ4v) is 3.95. The molecule has 28 heavy (non-hydrogen) atoms. The number of anilines is 1. The molecule has 1 aromatic rings. The lowest BCUT2D eigenvalue weighted by atomic mass is 9.98. The molecule has 0 atom stereocenters. The zero-order chi connectivity index (χ0) is 20.3. The molecule has 0 bridgehead atoms. The molecule has 1 N–H and O–H groups in total. The van der Waals surface area contributed by atoms with E-state index < -0.39 is 23.5 Å². The Bertz CT molecular complexity index is 709. The summed E-state index contributed by atoms with van der Waals surface area (Å²) in [6.45, 7) is 3.67. The summed E-state index contributed by atoms with van der Waals surface area (Å²) in [6, 6.07) is 1.17. The number of amides is 3. The minimum atomic E-state index is -1.57. The summed E-state index contributed by atoms with van der Waals surface area (Å²) in [6.07, 6.45) is 2.86. The van der Waals surface area contributed by atoms with Crippen LogP contribution in [0.5, 0.6) is 0 Å². The highest BCUT2D eigenvalue weighted by Gasteiger charge is 2.33. The summed E-state index contributed by atoms with van der Waals surface area (Å²) in [5.41, 5.74) is -0.143. The molecular weight excluding hydrogens is 375 g/mol. The molecule has 3 amide bonds. The number of halogens is 3. The van der Waals surface area contributed by atoms with Crippen LogP contribution in [-0.2, 0) is 9.53 Å². The summed E-state index contributed by atoms with van der Waals surface area (Å²) >= 11 is 0. The molecule has 0 radical (unpaired) electrons. The van der Waals surface area contributed by atoms with Gasteiger partial charge < -0.3 is 19.9 Å². The van der Waals surface area contributed by atoms with Crippen LogP contribution in [-0.4, -0.2) is 60.1 Å². The van der Waals surface area contributed by atoms with Gasteiger partial charge in [0.25, 0.3) is 0 Å². The SMILES string of the molecule is CC(=O)N(C1CCOCC1)C1CCN(C(=O)Nc2cc(F)c(F)c(F)c2)CC1. The number of nitrogens with one attached hydrogen (secondary N) is 1. The van der Waals surface area contributed by atoms with E-state index in [1.165, 1.54) is 4.90 Å². The predicted molar refractivity (Wildman–Crippen MR) is 96.3 cm³/mol. The smallest absolute Gasteiger partial charge is 0.321 e. The third-order valence-corrected chi connectivity index (χ3v) is 5.33. The van der Waals surface area contributed by atoms with E-state index >= 15 is 0 Å². The van der Waals surface area contributed by atoms with E-state index in [4.69, 9.17) is 4.74 Å². The maximum atomic E-state index is 13.3. The number of ether oxygens (including phenoxy) is 1. The van der Waals surface area contributed by atoms with Gasteiger partial charge in [0.1, 0.15) is 0 Å². The Labute approximate surface area is 161 Å². The van der Waals surface area contributed by atoms with Gasteiger partial charge in [0.2, 0.25) is 5.91 Å². The van der Waals surface area contributed by atoms with Crippen LogP contribution in [0.1, 0.15) is 32.6 Å². The van der Waals surface area contributed by atoms with Gasteiger partial charge in [-0.1, -0.05) is 0 Å². The number of likely N-dealkylation sites (tertiary alicyclic amines) is 1. The van der Waals surface area contributed by atoms with Crippen LogP contribution in [0.3, 0.4) is 0 Å². The number of rotatable bonds is 3. The number of carbonyl (C=O) groups excluding carboxylic acids is 2. The van der Waals surface area contributed by atoms with Crippen molar-refractivity contribution in [1.82, 2.24) is 9.80 Å². The average molecular weight is 399 g/mol. The van der Waals surface area contributed by atoms with Gasteiger partial charge in [-0.15, -0.1) is 0 Å². The second kappa shape index (κ2) is 8.81. The van der Waals surface area contributed by atoms with Crippen LogP contribution < -0.4 is 5.32 Å². The van der Waals surface area contributed by atoms with E-state index in [9.17, 15) is 22.8 Å². The quantitative estimate of drug-likeness (QED) is 0.795. The van der Waals surface area contributed by atoms with Crippen molar-refractivity contribution in [1.29, 1.82) is 0 Å². The zero-order valence-corrected chi connectivity index (χ0v) is 15.7. The Morgan fingerprint density at radius 3 is 2.11 bits per heavy atom. The molecule has 3 rings (SSSR count). The summed E-state index contributed by atoms with van der Waals surface area (Å²) < 4.78 is 45.0. The molecule has 0 aliphatic carbocycles. The van der Waals surface area contributed by atoms with Crippen molar-refractivity contribution in [3.8, 4) is 0 Å². The summed E-state index contributed by atoms with van der Waals surface area (Å²) in [5.74, 6) is -4.27. The minimum Gasteiger partial charge on any atom is -0.381 e. The first kappa shape index (κ1) is 20.4. The van der Waals surface area contributed by atoms with E-state index in [0.29, 0.717) is 39.1 Å². The number of carbonyl (C=O) groups is 2. The van der Waals surface area contributed by atoms with Crippen molar-refractivity contribution in [2.45, 2.75) is 44.7 Å². The molecule has 9 heteroatoms. The van der Waals surface area contributed by atoms with Gasteiger partial charge in [-0.3, -0.25) is 4.79 Å². The molecule has 6 nitrogen and oxygen atoms in total. The van der Waals surface area contributed by atoms with Gasteiger partial charge in [0.15, 0.2) is 17.5 Å². The molecule has 2 aliphatic heterocycles. The Balaban J connectivity index is 1.58. The zero-order valence-electron chi connectivity index (χ0n) is 15.7. The van der Waals surface area contributed by atoms with Gasteiger partial charge in [-0.25, -0.2) is 18.0 Å². The van der Waals surface area contributed by atoms with Crippen LogP contribution in [0.2, 0.25) is 0 Å². The first-order valence-electron chi connectivity index (χ1n) is 9.44. The van der Waals surface area contributed by atoms with Crippen molar-refractivity contribution in [2.75, 3.05) is 31.6 Å². The Morgan fingerprint density at radius 2 is 1.57 bits per heavy atom. The molecule has 154 valence electrons. The fraction of sp³-hybridized carbons (Fsp3) is 0.579. The van der Waals surface area contributed by atoms with E-state index in [1.807, 2.05) is 4.90 Å². The number of urea groups is 1. The summed E-state index contributed by atoms with van der Waals surface area (Å²) in [7, 11) is 0. The largest absolute Gasteiger partial charge is 0.381 e. The molecule has 2 heterocycles.